The van der Waals surface area contributed by atoms with E-state index in [2.05, 4.69) is 31.2 Å². The smallest absolute Gasteiger partial charge is 0.335 e. The number of nitrogens with one attached hydrogen (secondary N) is 2. The number of carbonyl (C=O) groups excluding carboxylic acids is 1. The van der Waals surface area contributed by atoms with E-state index in [1.165, 1.54) is 0 Å². The zero-order valence-electron chi connectivity index (χ0n) is 21.7. The largest absolute Gasteiger partial charge is 0.478 e. The number of carbonyl (C=O) groups is 2. The Bertz CT molecular complexity index is 1520. The van der Waals surface area contributed by atoms with Crippen molar-refractivity contribution in [3.63, 3.8) is 0 Å². The van der Waals surface area contributed by atoms with Crippen molar-refractivity contribution in [2.24, 2.45) is 0 Å². The lowest BCUT2D eigenvalue weighted by Crippen LogP contribution is -2.32. The van der Waals surface area contributed by atoms with Gasteiger partial charge in [-0.2, -0.15) is 0 Å². The highest BCUT2D eigenvalue weighted by Crippen LogP contribution is 2.41. The van der Waals surface area contributed by atoms with Crippen molar-refractivity contribution < 1.29 is 14.7 Å². The molecule has 2 atom stereocenters. The zero-order chi connectivity index (χ0) is 27.5. The first-order valence-corrected chi connectivity index (χ1v) is 13.1. The summed E-state index contributed by atoms with van der Waals surface area (Å²) in [6.07, 6.45) is 2.01. The molecular weight excluding hydrogens is 510 g/mol. The lowest BCUT2D eigenvalue weighted by Gasteiger charge is -2.28. The summed E-state index contributed by atoms with van der Waals surface area (Å²) in [7, 11) is 0. The van der Waals surface area contributed by atoms with Crippen LogP contribution in [0.1, 0.15) is 51.5 Å². The van der Waals surface area contributed by atoms with Crippen molar-refractivity contribution >= 4 is 34.9 Å². The molecule has 0 spiro atoms. The molecule has 3 heterocycles. The summed E-state index contributed by atoms with van der Waals surface area (Å²) in [6.45, 7) is 4.43. The second-order valence-electron chi connectivity index (χ2n) is 9.50. The highest BCUT2D eigenvalue weighted by atomic mass is 32.1. The summed E-state index contributed by atoms with van der Waals surface area (Å²) in [5.74, 6) is -1.07. The van der Waals surface area contributed by atoms with E-state index in [1.807, 2.05) is 68.4 Å². The summed E-state index contributed by atoms with van der Waals surface area (Å²) in [6, 6.07) is 23.7. The molecule has 198 valence electrons. The summed E-state index contributed by atoms with van der Waals surface area (Å²) in [5, 5.41) is 16.5. The average molecular weight is 540 g/mol. The maximum Gasteiger partial charge on any atom is 0.335 e. The maximum absolute atomic E-state index is 12.8. The minimum absolute atomic E-state index is 0.0972. The number of pyridine rings is 1. The molecule has 39 heavy (non-hydrogen) atoms. The number of benzene rings is 2. The van der Waals surface area contributed by atoms with Gasteiger partial charge < -0.3 is 25.2 Å². The Morgan fingerprint density at radius 2 is 1.79 bits per heavy atom. The molecule has 8 nitrogen and oxygen atoms in total. The van der Waals surface area contributed by atoms with Gasteiger partial charge in [-0.25, -0.2) is 4.79 Å². The van der Waals surface area contributed by atoms with Crippen LogP contribution in [-0.4, -0.2) is 43.1 Å². The number of aromatic carboxylic acids is 1. The predicted octanol–water partition coefficient (Wildman–Crippen LogP) is 5.19. The first-order chi connectivity index (χ1) is 18.8. The van der Waals surface area contributed by atoms with Gasteiger partial charge in [0.25, 0.3) is 0 Å². The number of aromatic nitrogens is 2. The molecule has 1 saturated heterocycles. The van der Waals surface area contributed by atoms with E-state index in [1.54, 1.807) is 24.4 Å². The van der Waals surface area contributed by atoms with Crippen LogP contribution in [0.5, 0.6) is 0 Å². The summed E-state index contributed by atoms with van der Waals surface area (Å²) >= 11 is 5.78. The van der Waals surface area contributed by atoms with Crippen molar-refractivity contribution in [1.82, 2.24) is 19.8 Å². The third kappa shape index (κ3) is 5.39. The second-order valence-corrected chi connectivity index (χ2v) is 9.89. The van der Waals surface area contributed by atoms with Gasteiger partial charge in [-0.1, -0.05) is 30.3 Å². The molecule has 1 aliphatic heterocycles. The van der Waals surface area contributed by atoms with Crippen LogP contribution in [0.3, 0.4) is 0 Å². The van der Waals surface area contributed by atoms with Gasteiger partial charge in [0.1, 0.15) is 0 Å². The van der Waals surface area contributed by atoms with Crippen LogP contribution in [0.25, 0.3) is 5.69 Å². The van der Waals surface area contributed by atoms with Crippen LogP contribution in [0, 0.1) is 13.8 Å². The van der Waals surface area contributed by atoms with E-state index in [9.17, 15) is 14.7 Å². The Kier molecular flexibility index (Phi) is 7.42. The number of anilines is 1. The lowest BCUT2D eigenvalue weighted by molar-refractivity contribution is -0.116. The molecule has 3 N–H and O–H groups in total. The SMILES string of the molecule is Cc1cc([C@@H]2[C@H](c3ccccn3)NC(=S)N2CCC(=O)Nc2ccccc2)c(C)n1-c1cccc(C(=O)O)c1. The first-order valence-electron chi connectivity index (χ1n) is 12.7. The Labute approximate surface area is 232 Å². The van der Waals surface area contributed by atoms with Crippen LogP contribution in [-0.2, 0) is 4.79 Å². The van der Waals surface area contributed by atoms with Crippen molar-refractivity contribution in [2.75, 3.05) is 11.9 Å². The number of aryl methyl sites for hydroxylation is 1. The Balaban J connectivity index is 1.49. The molecule has 0 bridgehead atoms. The Hall–Kier alpha value is -4.50. The highest BCUT2D eigenvalue weighted by Gasteiger charge is 2.41. The van der Waals surface area contributed by atoms with E-state index in [0.29, 0.717) is 11.7 Å². The van der Waals surface area contributed by atoms with E-state index in [-0.39, 0.29) is 30.0 Å². The van der Waals surface area contributed by atoms with E-state index in [0.717, 1.165) is 34.0 Å². The molecule has 5 rings (SSSR count). The van der Waals surface area contributed by atoms with Gasteiger partial charge >= 0.3 is 5.97 Å². The van der Waals surface area contributed by atoms with Gasteiger partial charge in [0.15, 0.2) is 5.11 Å². The van der Waals surface area contributed by atoms with Crippen molar-refractivity contribution in [1.29, 1.82) is 0 Å². The fraction of sp³-hybridized carbons (Fsp3) is 0.200. The molecule has 9 heteroatoms. The fourth-order valence-corrected chi connectivity index (χ4v) is 5.55. The van der Waals surface area contributed by atoms with Crippen LogP contribution >= 0.6 is 12.2 Å². The lowest BCUT2D eigenvalue weighted by atomic mass is 9.96. The van der Waals surface area contributed by atoms with Gasteiger partial charge in [0, 0.05) is 41.9 Å². The predicted molar refractivity (Wildman–Crippen MR) is 154 cm³/mol. The van der Waals surface area contributed by atoms with Crippen LogP contribution < -0.4 is 10.6 Å². The molecule has 1 amide bonds. The standard InChI is InChI=1S/C30H29N5O3S/c1-19-17-24(20(2)35(19)23-12-8-9-21(18-23)29(37)38)28-27(25-13-6-7-15-31-25)33-30(39)34(28)16-14-26(36)32-22-10-4-3-5-11-22/h3-13,15,17-18,27-28H,14,16H2,1-2H3,(H,32,36)(H,33,39)(H,37,38)/t27-,28+/m0/s1. The third-order valence-corrected chi connectivity index (χ3v) is 7.33. The third-order valence-electron chi connectivity index (χ3n) is 6.98. The van der Waals surface area contributed by atoms with Crippen molar-refractivity contribution in [3.05, 3.63) is 113 Å². The summed E-state index contributed by atoms with van der Waals surface area (Å²) < 4.78 is 2.05. The van der Waals surface area contributed by atoms with E-state index < -0.39 is 5.97 Å². The van der Waals surface area contributed by atoms with Crippen LogP contribution in [0.2, 0.25) is 0 Å². The molecule has 1 fully saturated rings. The molecule has 2 aromatic heterocycles. The number of para-hydroxylation sites is 1. The van der Waals surface area contributed by atoms with E-state index >= 15 is 0 Å². The number of amides is 1. The molecule has 2 aromatic carbocycles. The summed E-state index contributed by atoms with van der Waals surface area (Å²) in [4.78, 5) is 31.1. The van der Waals surface area contributed by atoms with Crippen LogP contribution in [0.4, 0.5) is 5.69 Å². The number of carboxylic acids is 1. The van der Waals surface area contributed by atoms with Crippen molar-refractivity contribution in [3.8, 4) is 5.69 Å². The molecule has 1 aliphatic rings. The number of hydrogen-bond donors (Lipinski definition) is 3. The zero-order valence-corrected chi connectivity index (χ0v) is 22.5. The molecule has 0 radical (unpaired) electrons. The molecular formula is C30H29N5O3S. The Morgan fingerprint density at radius 3 is 2.51 bits per heavy atom. The number of nitrogens with zero attached hydrogens (tertiary/aromatic N) is 3. The minimum atomic E-state index is -0.972. The van der Waals surface area contributed by atoms with E-state index in [4.69, 9.17) is 12.2 Å². The van der Waals surface area contributed by atoms with Gasteiger partial charge in [-0.15, -0.1) is 0 Å². The topological polar surface area (TPSA) is 99.5 Å². The quantitative estimate of drug-likeness (QED) is 0.265. The van der Waals surface area contributed by atoms with Crippen molar-refractivity contribution in [2.45, 2.75) is 32.4 Å². The normalized spacial score (nSPS) is 16.7. The monoisotopic (exact) mass is 539 g/mol. The molecule has 0 aliphatic carbocycles. The van der Waals surface area contributed by atoms with Gasteiger partial charge in [-0.05, 0) is 80.2 Å². The first kappa shape index (κ1) is 26.1. The number of thiocarbonyl (C=S) groups is 1. The Morgan fingerprint density at radius 1 is 1.03 bits per heavy atom. The van der Waals surface area contributed by atoms with Gasteiger partial charge in [0.05, 0.1) is 23.3 Å². The maximum atomic E-state index is 12.8. The molecule has 4 aromatic rings. The number of hydrogen-bond acceptors (Lipinski definition) is 4. The average Bonchev–Trinajstić information content (AvgIpc) is 3.42. The summed E-state index contributed by atoms with van der Waals surface area (Å²) in [5.41, 5.74) is 5.55. The number of carboxylic acid groups (broad SMARTS) is 1. The highest BCUT2D eigenvalue weighted by molar-refractivity contribution is 7.80. The fourth-order valence-electron chi connectivity index (χ4n) is 5.21. The van der Waals surface area contributed by atoms with Crippen LogP contribution in [0.15, 0.2) is 85.1 Å². The minimum Gasteiger partial charge on any atom is -0.478 e. The second kappa shape index (κ2) is 11.1. The molecule has 0 unspecified atom stereocenters. The van der Waals surface area contributed by atoms with Gasteiger partial charge in [-0.3, -0.25) is 9.78 Å². The van der Waals surface area contributed by atoms with Gasteiger partial charge in [0.2, 0.25) is 5.91 Å². The number of rotatable bonds is 8. The molecule has 0 saturated carbocycles.